The maximum atomic E-state index is 11.6. The molecule has 0 saturated heterocycles. The molecule has 6 heteroatoms. The molecule has 0 aromatic carbocycles. The van der Waals surface area contributed by atoms with Crippen LogP contribution in [0.3, 0.4) is 0 Å². The number of allylic oxidation sites excluding steroid dienone is 1. The summed E-state index contributed by atoms with van der Waals surface area (Å²) in [5.41, 5.74) is -0.458. The summed E-state index contributed by atoms with van der Waals surface area (Å²) in [7, 11) is 0. The molecule has 0 heterocycles. The molecule has 0 bridgehead atoms. The minimum absolute atomic E-state index is 0.177. The standard InChI is InChI=1S/C14H24O6/c1-4-14(2,3)11(13(16)20-18)9-7-5-6-8-10-12(15)19-17/h4,11,17-18H,1,5-10H2,2-3H3. The average Bonchev–Trinajstić information content (AvgIpc) is 2.44. The zero-order valence-corrected chi connectivity index (χ0v) is 12.1. The van der Waals surface area contributed by atoms with Crippen LogP contribution < -0.4 is 0 Å². The monoisotopic (exact) mass is 288 g/mol. The molecule has 0 radical (unpaired) electrons. The first-order valence-electron chi connectivity index (χ1n) is 6.72. The molecule has 0 amide bonds. The summed E-state index contributed by atoms with van der Waals surface area (Å²) >= 11 is 0. The van der Waals surface area contributed by atoms with E-state index >= 15 is 0 Å². The van der Waals surface area contributed by atoms with E-state index in [1.165, 1.54) is 0 Å². The molecule has 2 N–H and O–H groups in total. The highest BCUT2D eigenvalue weighted by Gasteiger charge is 2.33. The number of carbonyl (C=O) groups is 2. The first-order chi connectivity index (χ1) is 9.38. The van der Waals surface area contributed by atoms with Crippen molar-refractivity contribution in [1.82, 2.24) is 0 Å². The Kier molecular flexibility index (Phi) is 8.83. The molecule has 1 unspecified atom stereocenters. The van der Waals surface area contributed by atoms with Gasteiger partial charge < -0.3 is 9.78 Å². The van der Waals surface area contributed by atoms with Gasteiger partial charge in [-0.1, -0.05) is 39.2 Å². The lowest BCUT2D eigenvalue weighted by Crippen LogP contribution is -2.30. The first kappa shape index (κ1) is 18.6. The Morgan fingerprint density at radius 1 is 1.15 bits per heavy atom. The van der Waals surface area contributed by atoms with Crippen LogP contribution in [-0.4, -0.2) is 22.5 Å². The molecule has 0 aliphatic rings. The maximum Gasteiger partial charge on any atom is 0.345 e. The molecule has 0 rings (SSSR count). The van der Waals surface area contributed by atoms with Crippen molar-refractivity contribution < 1.29 is 29.9 Å². The van der Waals surface area contributed by atoms with Crippen molar-refractivity contribution in [3.8, 4) is 0 Å². The molecule has 0 aliphatic carbocycles. The maximum absolute atomic E-state index is 11.6. The van der Waals surface area contributed by atoms with E-state index in [0.29, 0.717) is 12.8 Å². The van der Waals surface area contributed by atoms with Crippen molar-refractivity contribution in [2.75, 3.05) is 0 Å². The third-order valence-corrected chi connectivity index (χ3v) is 3.52. The van der Waals surface area contributed by atoms with Gasteiger partial charge in [-0.05, 0) is 18.3 Å². The number of hydrogen-bond donors (Lipinski definition) is 2. The molecule has 0 spiro atoms. The van der Waals surface area contributed by atoms with E-state index < -0.39 is 23.3 Å². The SMILES string of the molecule is C=CC(C)(C)C(CCCCCCC(=O)OO)C(=O)OO. The van der Waals surface area contributed by atoms with Crippen LogP contribution in [0.2, 0.25) is 0 Å². The number of hydrogen-bond acceptors (Lipinski definition) is 6. The number of rotatable bonds is 10. The highest BCUT2D eigenvalue weighted by atomic mass is 17.1. The highest BCUT2D eigenvalue weighted by molar-refractivity contribution is 5.73. The van der Waals surface area contributed by atoms with Crippen molar-refractivity contribution in [3.63, 3.8) is 0 Å². The number of unbranched alkanes of at least 4 members (excludes halogenated alkanes) is 3. The Balaban J connectivity index is 4.07. The summed E-state index contributed by atoms with van der Waals surface area (Å²) in [5, 5.41) is 16.6. The lowest BCUT2D eigenvalue weighted by atomic mass is 9.76. The zero-order valence-electron chi connectivity index (χ0n) is 12.1. The topological polar surface area (TPSA) is 93.1 Å². The molecule has 0 aromatic heterocycles. The van der Waals surface area contributed by atoms with Gasteiger partial charge in [-0.3, -0.25) is 0 Å². The van der Waals surface area contributed by atoms with Gasteiger partial charge in [0.15, 0.2) is 0 Å². The van der Waals surface area contributed by atoms with Crippen LogP contribution in [-0.2, 0) is 19.4 Å². The molecular formula is C14H24O6. The van der Waals surface area contributed by atoms with Crippen LogP contribution in [0.5, 0.6) is 0 Å². The predicted octanol–water partition coefficient (Wildman–Crippen LogP) is 3.19. The zero-order chi connectivity index (χ0) is 15.6. The largest absolute Gasteiger partial charge is 0.345 e. The van der Waals surface area contributed by atoms with Crippen LogP contribution in [0.25, 0.3) is 0 Å². The molecule has 0 fully saturated rings. The molecule has 1 atom stereocenters. The van der Waals surface area contributed by atoms with Gasteiger partial charge in [0.2, 0.25) is 0 Å². The van der Waals surface area contributed by atoms with Gasteiger partial charge >= 0.3 is 11.9 Å². The van der Waals surface area contributed by atoms with E-state index in [-0.39, 0.29) is 6.42 Å². The second-order valence-corrected chi connectivity index (χ2v) is 5.40. The Morgan fingerprint density at radius 3 is 2.25 bits per heavy atom. The fourth-order valence-electron chi connectivity index (χ4n) is 2.02. The van der Waals surface area contributed by atoms with E-state index in [0.717, 1.165) is 19.3 Å². The van der Waals surface area contributed by atoms with E-state index in [4.69, 9.17) is 10.5 Å². The molecule has 6 nitrogen and oxygen atoms in total. The fraction of sp³-hybridized carbons (Fsp3) is 0.714. The molecule has 0 saturated carbocycles. The normalized spacial score (nSPS) is 12.6. The smallest absolute Gasteiger partial charge is 0.301 e. The van der Waals surface area contributed by atoms with E-state index in [2.05, 4.69) is 16.4 Å². The van der Waals surface area contributed by atoms with Gasteiger partial charge in [-0.2, -0.15) is 10.5 Å². The summed E-state index contributed by atoms with van der Waals surface area (Å²) in [6, 6.07) is 0. The fourth-order valence-corrected chi connectivity index (χ4v) is 2.02. The van der Waals surface area contributed by atoms with Crippen molar-refractivity contribution in [2.24, 2.45) is 11.3 Å². The number of carbonyl (C=O) groups excluding carboxylic acids is 2. The summed E-state index contributed by atoms with van der Waals surface area (Å²) in [6.07, 6.45) is 5.45. The van der Waals surface area contributed by atoms with Gasteiger partial charge in [0, 0.05) is 6.42 Å². The molecule has 0 aliphatic heterocycles. The quantitative estimate of drug-likeness (QED) is 0.277. The van der Waals surface area contributed by atoms with Gasteiger partial charge in [0.1, 0.15) is 0 Å². The van der Waals surface area contributed by atoms with Crippen LogP contribution in [0, 0.1) is 11.3 Å². The first-order valence-corrected chi connectivity index (χ1v) is 6.72. The third kappa shape index (κ3) is 6.68. The van der Waals surface area contributed by atoms with E-state index in [1.807, 2.05) is 13.8 Å². The third-order valence-electron chi connectivity index (χ3n) is 3.52. The van der Waals surface area contributed by atoms with Crippen molar-refractivity contribution in [3.05, 3.63) is 12.7 Å². The summed E-state index contributed by atoms with van der Waals surface area (Å²) in [4.78, 5) is 29.6. The van der Waals surface area contributed by atoms with Crippen LogP contribution >= 0.6 is 0 Å². The highest BCUT2D eigenvalue weighted by Crippen LogP contribution is 2.33. The van der Waals surface area contributed by atoms with E-state index in [9.17, 15) is 9.59 Å². The van der Waals surface area contributed by atoms with Crippen LogP contribution in [0.1, 0.15) is 52.4 Å². The van der Waals surface area contributed by atoms with E-state index in [1.54, 1.807) is 6.08 Å². The molecular weight excluding hydrogens is 264 g/mol. The lowest BCUT2D eigenvalue weighted by Gasteiger charge is -2.28. The minimum atomic E-state index is -0.654. The van der Waals surface area contributed by atoms with Crippen molar-refractivity contribution in [2.45, 2.75) is 52.4 Å². The van der Waals surface area contributed by atoms with Gasteiger partial charge in [0.05, 0.1) is 5.92 Å². The molecule has 0 aromatic rings. The summed E-state index contributed by atoms with van der Waals surface area (Å²) < 4.78 is 0. The lowest BCUT2D eigenvalue weighted by molar-refractivity contribution is -0.241. The van der Waals surface area contributed by atoms with Crippen molar-refractivity contribution >= 4 is 11.9 Å². The van der Waals surface area contributed by atoms with Crippen LogP contribution in [0.15, 0.2) is 12.7 Å². The molecule has 116 valence electrons. The van der Waals surface area contributed by atoms with Crippen molar-refractivity contribution in [1.29, 1.82) is 0 Å². The Labute approximate surface area is 119 Å². The Hall–Kier alpha value is -1.40. The Morgan fingerprint density at radius 2 is 1.75 bits per heavy atom. The van der Waals surface area contributed by atoms with Gasteiger partial charge in [-0.15, -0.1) is 6.58 Å². The van der Waals surface area contributed by atoms with Gasteiger partial charge in [0.25, 0.3) is 0 Å². The predicted molar refractivity (Wildman–Crippen MR) is 72.6 cm³/mol. The Bertz CT molecular complexity index is 324. The second kappa shape index (κ2) is 9.50. The summed E-state index contributed by atoms with van der Waals surface area (Å²) in [5.74, 6) is -1.74. The second-order valence-electron chi connectivity index (χ2n) is 5.40. The van der Waals surface area contributed by atoms with Gasteiger partial charge in [-0.25, -0.2) is 9.59 Å². The summed E-state index contributed by atoms with van der Waals surface area (Å²) in [6.45, 7) is 7.41. The van der Waals surface area contributed by atoms with Crippen LogP contribution in [0.4, 0.5) is 0 Å². The average molecular weight is 288 g/mol. The molecule has 20 heavy (non-hydrogen) atoms. The minimum Gasteiger partial charge on any atom is -0.301 e.